The van der Waals surface area contributed by atoms with Gasteiger partial charge in [-0.05, 0) is 20.8 Å². The molecule has 86 valence electrons. The van der Waals surface area contributed by atoms with Gasteiger partial charge in [-0.3, -0.25) is 10.2 Å². The van der Waals surface area contributed by atoms with Crippen LogP contribution in [-0.2, 0) is 14.3 Å². The minimum absolute atomic E-state index is 0.107. The molecule has 0 aliphatic rings. The molecule has 15 heavy (non-hydrogen) atoms. The van der Waals surface area contributed by atoms with E-state index < -0.39 is 23.5 Å². The molecule has 5 nitrogen and oxygen atoms in total. The van der Waals surface area contributed by atoms with Gasteiger partial charge in [-0.25, -0.2) is 4.79 Å². The van der Waals surface area contributed by atoms with Crippen LogP contribution in [-0.4, -0.2) is 28.4 Å². The normalized spacial score (nSPS) is 13.1. The van der Waals surface area contributed by atoms with Gasteiger partial charge in [0.05, 0.1) is 5.92 Å². The Bertz CT molecular complexity index is 278. The molecule has 0 aliphatic carbocycles. The molecule has 0 saturated carbocycles. The molecule has 5 heteroatoms. The minimum atomic E-state index is -1.02. The Morgan fingerprint density at radius 3 is 2.20 bits per heavy atom. The van der Waals surface area contributed by atoms with Crippen LogP contribution in [0.15, 0.2) is 0 Å². The van der Waals surface area contributed by atoms with Crippen molar-refractivity contribution in [2.75, 3.05) is 0 Å². The number of esters is 1. The van der Waals surface area contributed by atoms with Crippen LogP contribution in [0, 0.1) is 11.3 Å². The Kier molecular flexibility index (Phi) is 4.45. The summed E-state index contributed by atoms with van der Waals surface area (Å²) in [5.74, 6) is -2.52. The topological polar surface area (TPSA) is 87.5 Å². The van der Waals surface area contributed by atoms with E-state index >= 15 is 0 Å². The Balaban J connectivity index is 4.24. The van der Waals surface area contributed by atoms with Crippen molar-refractivity contribution in [3.05, 3.63) is 0 Å². The molecule has 0 spiro atoms. The Morgan fingerprint density at radius 2 is 1.87 bits per heavy atom. The van der Waals surface area contributed by atoms with E-state index in [1.807, 2.05) is 0 Å². The highest BCUT2D eigenvalue weighted by atomic mass is 16.6. The quantitative estimate of drug-likeness (QED) is 0.549. The Morgan fingerprint density at radius 1 is 1.40 bits per heavy atom. The Hall–Kier alpha value is -1.39. The Labute approximate surface area is 88.9 Å². The minimum Gasteiger partial charge on any atom is -0.481 e. The molecule has 0 aromatic heterocycles. The van der Waals surface area contributed by atoms with E-state index in [0.717, 1.165) is 0 Å². The third-order valence-electron chi connectivity index (χ3n) is 1.58. The lowest BCUT2D eigenvalue weighted by molar-refractivity contribution is -0.146. The smallest absolute Gasteiger partial charge is 0.352 e. The fourth-order valence-electron chi connectivity index (χ4n) is 0.817. The first kappa shape index (κ1) is 13.6. The highest BCUT2D eigenvalue weighted by Gasteiger charge is 2.23. The third-order valence-corrected chi connectivity index (χ3v) is 1.58. The van der Waals surface area contributed by atoms with Crippen LogP contribution < -0.4 is 0 Å². The molecule has 1 atom stereocenters. The lowest BCUT2D eigenvalue weighted by Crippen LogP contribution is -2.30. The molecule has 0 aromatic carbocycles. The van der Waals surface area contributed by atoms with Crippen LogP contribution in [0.25, 0.3) is 0 Å². The van der Waals surface area contributed by atoms with Crippen LogP contribution >= 0.6 is 0 Å². The maximum atomic E-state index is 11.3. The van der Waals surface area contributed by atoms with Gasteiger partial charge < -0.3 is 9.84 Å². The summed E-state index contributed by atoms with van der Waals surface area (Å²) in [4.78, 5) is 21.8. The molecule has 2 N–H and O–H groups in total. The first-order valence-corrected chi connectivity index (χ1v) is 4.67. The number of rotatable bonds is 4. The molecule has 0 radical (unpaired) electrons. The largest absolute Gasteiger partial charge is 0.481 e. The van der Waals surface area contributed by atoms with E-state index in [9.17, 15) is 9.59 Å². The van der Waals surface area contributed by atoms with Gasteiger partial charge in [0.25, 0.3) is 0 Å². The fourth-order valence-corrected chi connectivity index (χ4v) is 0.817. The van der Waals surface area contributed by atoms with Gasteiger partial charge in [0, 0.05) is 6.42 Å². The van der Waals surface area contributed by atoms with Gasteiger partial charge in [-0.2, -0.15) is 0 Å². The molecule has 0 amide bonds. The second-order valence-corrected chi connectivity index (χ2v) is 4.42. The van der Waals surface area contributed by atoms with E-state index in [2.05, 4.69) is 0 Å². The summed E-state index contributed by atoms with van der Waals surface area (Å²) in [6.45, 7) is 6.53. The number of carboxylic acid groups (broad SMARTS) is 1. The molecular formula is C10H17NO4. The number of aliphatic carboxylic acids is 1. The number of carbonyl (C=O) groups excluding carboxylic acids is 1. The summed E-state index contributed by atoms with van der Waals surface area (Å²) in [6.07, 6.45) is -0.107. The summed E-state index contributed by atoms with van der Waals surface area (Å²) in [5.41, 5.74) is -0.963. The average Bonchev–Trinajstić information content (AvgIpc) is 2.00. The molecule has 0 aromatic rings. The number of hydrogen-bond acceptors (Lipinski definition) is 4. The maximum Gasteiger partial charge on any atom is 0.352 e. The van der Waals surface area contributed by atoms with Crippen molar-refractivity contribution < 1.29 is 19.4 Å². The van der Waals surface area contributed by atoms with Gasteiger partial charge >= 0.3 is 11.9 Å². The van der Waals surface area contributed by atoms with Crippen molar-refractivity contribution in [1.82, 2.24) is 0 Å². The van der Waals surface area contributed by atoms with E-state index in [0.29, 0.717) is 0 Å². The third kappa shape index (κ3) is 5.83. The molecule has 0 heterocycles. The molecule has 0 rings (SSSR count). The predicted octanol–water partition coefficient (Wildman–Crippen LogP) is 1.46. The summed E-state index contributed by atoms with van der Waals surface area (Å²) < 4.78 is 4.92. The fraction of sp³-hybridized carbons (Fsp3) is 0.700. The summed E-state index contributed by atoms with van der Waals surface area (Å²) >= 11 is 0. The number of ether oxygens (including phenoxy) is 1. The summed E-state index contributed by atoms with van der Waals surface area (Å²) in [5, 5.41) is 16.0. The standard InChI is InChI=1S/C10H17NO4/c1-6(8(12)13)5-7(11)9(14)15-10(2,3)4/h6,11H,5H2,1-4H3,(H,12,13)/t6-/m1/s1. The van der Waals surface area contributed by atoms with Crippen molar-refractivity contribution in [2.45, 2.75) is 39.7 Å². The van der Waals surface area contributed by atoms with E-state index in [-0.39, 0.29) is 12.1 Å². The van der Waals surface area contributed by atoms with Crippen molar-refractivity contribution >= 4 is 17.7 Å². The van der Waals surface area contributed by atoms with Crippen molar-refractivity contribution in [3.8, 4) is 0 Å². The van der Waals surface area contributed by atoms with Gasteiger partial charge in [0.2, 0.25) is 0 Å². The van der Waals surface area contributed by atoms with Crippen LogP contribution in [0.4, 0.5) is 0 Å². The SMILES string of the molecule is C[C@H](CC(=N)C(=O)OC(C)(C)C)C(=O)O. The van der Waals surface area contributed by atoms with Gasteiger partial charge in [-0.1, -0.05) is 6.92 Å². The van der Waals surface area contributed by atoms with Gasteiger partial charge in [0.15, 0.2) is 0 Å². The highest BCUT2D eigenvalue weighted by molar-refractivity contribution is 6.35. The molecule has 0 bridgehead atoms. The molecule has 0 fully saturated rings. The van der Waals surface area contributed by atoms with Gasteiger partial charge in [0.1, 0.15) is 11.3 Å². The van der Waals surface area contributed by atoms with Crippen LogP contribution in [0.1, 0.15) is 34.1 Å². The van der Waals surface area contributed by atoms with Crippen molar-refractivity contribution in [1.29, 1.82) is 5.41 Å². The maximum absolute atomic E-state index is 11.3. The van der Waals surface area contributed by atoms with Crippen LogP contribution in [0.2, 0.25) is 0 Å². The predicted molar refractivity (Wildman–Crippen MR) is 55.0 cm³/mol. The zero-order chi connectivity index (χ0) is 12.2. The first-order chi connectivity index (χ1) is 6.63. The number of carbonyl (C=O) groups is 2. The highest BCUT2D eigenvalue weighted by Crippen LogP contribution is 2.10. The number of carboxylic acids is 1. The van der Waals surface area contributed by atoms with Crippen molar-refractivity contribution in [2.24, 2.45) is 5.92 Å². The van der Waals surface area contributed by atoms with Gasteiger partial charge in [-0.15, -0.1) is 0 Å². The van der Waals surface area contributed by atoms with E-state index in [1.165, 1.54) is 6.92 Å². The summed E-state index contributed by atoms with van der Waals surface area (Å²) in [6, 6.07) is 0. The van der Waals surface area contributed by atoms with E-state index in [1.54, 1.807) is 20.8 Å². The molecular weight excluding hydrogens is 198 g/mol. The first-order valence-electron chi connectivity index (χ1n) is 4.67. The zero-order valence-electron chi connectivity index (χ0n) is 9.46. The second-order valence-electron chi connectivity index (χ2n) is 4.42. The molecule has 0 saturated heterocycles. The van der Waals surface area contributed by atoms with Crippen LogP contribution in [0.5, 0.6) is 0 Å². The monoisotopic (exact) mass is 215 g/mol. The van der Waals surface area contributed by atoms with Crippen LogP contribution in [0.3, 0.4) is 0 Å². The zero-order valence-corrected chi connectivity index (χ0v) is 9.46. The lowest BCUT2D eigenvalue weighted by atomic mass is 10.0. The van der Waals surface area contributed by atoms with Crippen molar-refractivity contribution in [3.63, 3.8) is 0 Å². The molecule has 0 aliphatic heterocycles. The average molecular weight is 215 g/mol. The summed E-state index contributed by atoms with van der Waals surface area (Å²) in [7, 11) is 0. The number of hydrogen-bond donors (Lipinski definition) is 2. The number of nitrogens with one attached hydrogen (secondary N) is 1. The molecule has 0 unspecified atom stereocenters. The van der Waals surface area contributed by atoms with E-state index in [4.69, 9.17) is 15.3 Å². The second kappa shape index (κ2) is 4.91. The lowest BCUT2D eigenvalue weighted by Gasteiger charge is -2.19.